The standard InChI is InChI=1S/C24H27N3O4/c1-2-20(22(25)28)26-23(29)21-12-7-13-27(21)24(30)31-14-19-17-10-5-3-8-15(17)16-9-4-6-11-18(16)19/h3-6,8-11,19-21H,2,7,12-14H2,1H3,(H2,25,28)(H,26,29)/t20?,21-/m0/s1. The monoisotopic (exact) mass is 421 g/mol. The highest BCUT2D eigenvalue weighted by Crippen LogP contribution is 2.44. The van der Waals surface area contributed by atoms with Gasteiger partial charge in [0.15, 0.2) is 0 Å². The van der Waals surface area contributed by atoms with Crippen molar-refractivity contribution in [3.8, 4) is 11.1 Å². The highest BCUT2D eigenvalue weighted by atomic mass is 16.6. The average molecular weight is 421 g/mol. The number of ether oxygens (including phenoxy) is 1. The maximum Gasteiger partial charge on any atom is 0.410 e. The third kappa shape index (κ3) is 4.00. The zero-order valence-electron chi connectivity index (χ0n) is 17.5. The van der Waals surface area contributed by atoms with Gasteiger partial charge in [-0.2, -0.15) is 0 Å². The molecule has 2 aromatic carbocycles. The Hall–Kier alpha value is -3.35. The Labute approximate surface area is 181 Å². The molecule has 7 heteroatoms. The molecule has 162 valence electrons. The molecule has 0 bridgehead atoms. The molecule has 3 amide bonds. The highest BCUT2D eigenvalue weighted by Gasteiger charge is 2.37. The van der Waals surface area contributed by atoms with E-state index < -0.39 is 24.1 Å². The Morgan fingerprint density at radius 2 is 1.71 bits per heavy atom. The topological polar surface area (TPSA) is 102 Å². The van der Waals surface area contributed by atoms with Crippen LogP contribution < -0.4 is 11.1 Å². The number of hydrogen-bond acceptors (Lipinski definition) is 4. The number of benzene rings is 2. The lowest BCUT2D eigenvalue weighted by molar-refractivity contribution is -0.130. The number of hydrogen-bond donors (Lipinski definition) is 2. The number of carbonyl (C=O) groups excluding carboxylic acids is 3. The summed E-state index contributed by atoms with van der Waals surface area (Å²) in [5.41, 5.74) is 9.93. The minimum atomic E-state index is -0.738. The van der Waals surface area contributed by atoms with E-state index in [0.29, 0.717) is 25.8 Å². The lowest BCUT2D eigenvalue weighted by Gasteiger charge is -2.25. The Balaban J connectivity index is 1.44. The summed E-state index contributed by atoms with van der Waals surface area (Å²) >= 11 is 0. The summed E-state index contributed by atoms with van der Waals surface area (Å²) in [4.78, 5) is 38.4. The van der Waals surface area contributed by atoms with Crippen molar-refractivity contribution >= 4 is 17.9 Å². The molecule has 1 unspecified atom stereocenters. The molecule has 0 spiro atoms. The molecule has 0 saturated carbocycles. The largest absolute Gasteiger partial charge is 0.448 e. The molecule has 2 aromatic rings. The van der Waals surface area contributed by atoms with Gasteiger partial charge in [0.25, 0.3) is 0 Å². The van der Waals surface area contributed by atoms with Crippen LogP contribution in [0, 0.1) is 0 Å². The first-order chi connectivity index (χ1) is 15.0. The number of primary amides is 1. The fourth-order valence-electron chi connectivity index (χ4n) is 4.58. The molecule has 3 N–H and O–H groups in total. The van der Waals surface area contributed by atoms with Crippen LogP contribution in [0.2, 0.25) is 0 Å². The van der Waals surface area contributed by atoms with Gasteiger partial charge in [-0.25, -0.2) is 4.79 Å². The van der Waals surface area contributed by atoms with Crippen LogP contribution in [0.15, 0.2) is 48.5 Å². The predicted molar refractivity (Wildman–Crippen MR) is 116 cm³/mol. The summed E-state index contributed by atoms with van der Waals surface area (Å²) in [5.74, 6) is -0.983. The van der Waals surface area contributed by atoms with E-state index in [9.17, 15) is 14.4 Å². The van der Waals surface area contributed by atoms with Crippen molar-refractivity contribution in [2.45, 2.75) is 44.2 Å². The third-order valence-corrected chi connectivity index (χ3v) is 6.19. The number of nitrogens with two attached hydrogens (primary N) is 1. The minimum absolute atomic E-state index is 0.0365. The van der Waals surface area contributed by atoms with Crippen LogP contribution in [-0.4, -0.2) is 48.0 Å². The fourth-order valence-corrected chi connectivity index (χ4v) is 4.58. The smallest absolute Gasteiger partial charge is 0.410 e. The number of likely N-dealkylation sites (tertiary alicyclic amines) is 1. The van der Waals surface area contributed by atoms with Gasteiger partial charge < -0.3 is 15.8 Å². The second-order valence-corrected chi connectivity index (χ2v) is 8.03. The lowest BCUT2D eigenvalue weighted by atomic mass is 9.98. The molecular weight excluding hydrogens is 394 g/mol. The molecule has 1 aliphatic carbocycles. The van der Waals surface area contributed by atoms with E-state index in [1.165, 1.54) is 4.90 Å². The second kappa shape index (κ2) is 8.79. The van der Waals surface area contributed by atoms with Crippen molar-refractivity contribution in [2.24, 2.45) is 5.73 Å². The van der Waals surface area contributed by atoms with Crippen molar-refractivity contribution in [2.75, 3.05) is 13.2 Å². The average Bonchev–Trinajstić information content (AvgIpc) is 3.39. The van der Waals surface area contributed by atoms with E-state index in [1.54, 1.807) is 6.92 Å². The lowest BCUT2D eigenvalue weighted by Crippen LogP contribution is -2.52. The van der Waals surface area contributed by atoms with Crippen LogP contribution in [0.25, 0.3) is 11.1 Å². The molecule has 1 fully saturated rings. The van der Waals surface area contributed by atoms with Crippen LogP contribution in [0.1, 0.15) is 43.2 Å². The summed E-state index contributed by atoms with van der Waals surface area (Å²) in [6.07, 6.45) is 1.13. The van der Waals surface area contributed by atoms with E-state index in [0.717, 1.165) is 22.3 Å². The molecule has 31 heavy (non-hydrogen) atoms. The molecule has 7 nitrogen and oxygen atoms in total. The van der Waals surface area contributed by atoms with Crippen molar-refractivity contribution in [1.82, 2.24) is 10.2 Å². The summed E-state index contributed by atoms with van der Waals surface area (Å²) in [5, 5.41) is 2.65. The number of nitrogens with one attached hydrogen (secondary N) is 1. The number of rotatable bonds is 6. The minimum Gasteiger partial charge on any atom is -0.448 e. The van der Waals surface area contributed by atoms with Gasteiger partial charge in [-0.15, -0.1) is 0 Å². The van der Waals surface area contributed by atoms with Crippen molar-refractivity contribution in [3.05, 3.63) is 59.7 Å². The Morgan fingerprint density at radius 3 is 2.29 bits per heavy atom. The Morgan fingerprint density at radius 1 is 1.10 bits per heavy atom. The van der Waals surface area contributed by atoms with E-state index >= 15 is 0 Å². The molecule has 2 atom stereocenters. The Bertz CT molecular complexity index is 960. The second-order valence-electron chi connectivity index (χ2n) is 8.03. The molecule has 0 radical (unpaired) electrons. The molecule has 1 saturated heterocycles. The first-order valence-corrected chi connectivity index (χ1v) is 10.7. The zero-order valence-corrected chi connectivity index (χ0v) is 17.5. The number of carbonyl (C=O) groups is 3. The van der Waals surface area contributed by atoms with Crippen LogP contribution in [0.5, 0.6) is 0 Å². The van der Waals surface area contributed by atoms with Gasteiger partial charge in [-0.05, 0) is 41.5 Å². The van der Waals surface area contributed by atoms with Gasteiger partial charge in [0, 0.05) is 12.5 Å². The van der Waals surface area contributed by atoms with Crippen LogP contribution in [0.4, 0.5) is 4.79 Å². The van der Waals surface area contributed by atoms with Gasteiger partial charge in [0.1, 0.15) is 18.7 Å². The van der Waals surface area contributed by atoms with Gasteiger partial charge in [-0.3, -0.25) is 14.5 Å². The SMILES string of the molecule is CCC(NC(=O)[C@@H]1CCCN1C(=O)OCC1c2ccccc2-c2ccccc21)C(N)=O. The van der Waals surface area contributed by atoms with E-state index in [-0.39, 0.29) is 18.4 Å². The number of nitrogens with zero attached hydrogens (tertiary/aromatic N) is 1. The summed E-state index contributed by atoms with van der Waals surface area (Å²) in [6, 6.07) is 14.9. The molecule has 2 aliphatic rings. The van der Waals surface area contributed by atoms with Crippen LogP contribution in [0.3, 0.4) is 0 Å². The maximum atomic E-state index is 12.9. The van der Waals surface area contributed by atoms with Crippen LogP contribution in [-0.2, 0) is 14.3 Å². The van der Waals surface area contributed by atoms with Crippen molar-refractivity contribution in [3.63, 3.8) is 0 Å². The first-order valence-electron chi connectivity index (χ1n) is 10.7. The number of fused-ring (bicyclic) bond motifs is 3. The normalized spacial score (nSPS) is 18.2. The fraction of sp³-hybridized carbons (Fsp3) is 0.375. The Kier molecular flexibility index (Phi) is 5.93. The maximum absolute atomic E-state index is 12.9. The summed E-state index contributed by atoms with van der Waals surface area (Å²) in [6.45, 7) is 2.42. The van der Waals surface area contributed by atoms with E-state index in [4.69, 9.17) is 10.5 Å². The molecule has 4 rings (SSSR count). The van der Waals surface area contributed by atoms with E-state index in [1.807, 2.05) is 24.3 Å². The number of amides is 3. The molecular formula is C24H27N3O4. The predicted octanol–water partition coefficient (Wildman–Crippen LogP) is 2.78. The first kappa shape index (κ1) is 20.9. The van der Waals surface area contributed by atoms with Gasteiger partial charge >= 0.3 is 6.09 Å². The van der Waals surface area contributed by atoms with Gasteiger partial charge in [0.05, 0.1) is 0 Å². The van der Waals surface area contributed by atoms with E-state index in [2.05, 4.69) is 29.6 Å². The quantitative estimate of drug-likeness (QED) is 0.749. The molecule has 1 heterocycles. The third-order valence-electron chi connectivity index (χ3n) is 6.19. The van der Waals surface area contributed by atoms with Crippen LogP contribution >= 0.6 is 0 Å². The van der Waals surface area contributed by atoms with Crippen molar-refractivity contribution < 1.29 is 19.1 Å². The molecule has 0 aromatic heterocycles. The highest BCUT2D eigenvalue weighted by molar-refractivity contribution is 5.91. The zero-order chi connectivity index (χ0) is 22.0. The summed E-state index contributed by atoms with van der Waals surface area (Å²) < 4.78 is 5.70. The van der Waals surface area contributed by atoms with Gasteiger partial charge in [-0.1, -0.05) is 55.5 Å². The molecule has 1 aliphatic heterocycles. The van der Waals surface area contributed by atoms with Crippen molar-refractivity contribution in [1.29, 1.82) is 0 Å². The summed E-state index contributed by atoms with van der Waals surface area (Å²) in [7, 11) is 0. The van der Waals surface area contributed by atoms with Gasteiger partial charge in [0.2, 0.25) is 11.8 Å².